The minimum Gasteiger partial charge on any atom is -0.477 e. The number of aromatic amines is 1. The number of carboxylic acids is 1. The van der Waals surface area contributed by atoms with Crippen LogP contribution in [0.1, 0.15) is 39.7 Å². The van der Waals surface area contributed by atoms with E-state index in [0.29, 0.717) is 13.1 Å². The lowest BCUT2D eigenvalue weighted by atomic mass is 10.1. The summed E-state index contributed by atoms with van der Waals surface area (Å²) in [6, 6.07) is 14.5. The van der Waals surface area contributed by atoms with Crippen LogP contribution in [0.3, 0.4) is 0 Å². The van der Waals surface area contributed by atoms with Crippen molar-refractivity contribution in [3.05, 3.63) is 70.4 Å². The molecule has 0 atom stereocenters. The summed E-state index contributed by atoms with van der Waals surface area (Å²) in [6.45, 7) is 5.36. The van der Waals surface area contributed by atoms with Crippen molar-refractivity contribution in [2.24, 2.45) is 0 Å². The Bertz CT molecular complexity index is 863. The quantitative estimate of drug-likeness (QED) is 0.642. The molecule has 1 aromatic heterocycles. The van der Waals surface area contributed by atoms with Gasteiger partial charge in [0.05, 0.1) is 0 Å². The lowest BCUT2D eigenvalue weighted by Gasteiger charge is -2.07. The summed E-state index contributed by atoms with van der Waals surface area (Å²) in [6.07, 6.45) is 1.03. The lowest BCUT2D eigenvalue weighted by molar-refractivity contribution is 0.0690. The number of carboxylic acid groups (broad SMARTS) is 1. The monoisotopic (exact) mass is 322 g/mol. The van der Waals surface area contributed by atoms with Gasteiger partial charge < -0.3 is 15.4 Å². The van der Waals surface area contributed by atoms with Gasteiger partial charge in [-0.1, -0.05) is 43.3 Å². The van der Waals surface area contributed by atoms with E-state index in [0.717, 1.165) is 28.5 Å². The van der Waals surface area contributed by atoms with Gasteiger partial charge in [0.2, 0.25) is 0 Å². The molecule has 124 valence electrons. The second kappa shape index (κ2) is 6.89. The van der Waals surface area contributed by atoms with Gasteiger partial charge in [-0.15, -0.1) is 0 Å². The van der Waals surface area contributed by atoms with Gasteiger partial charge in [-0.25, -0.2) is 4.79 Å². The van der Waals surface area contributed by atoms with Crippen molar-refractivity contribution < 1.29 is 9.90 Å². The number of H-pyrrole nitrogens is 1. The normalized spacial score (nSPS) is 11.1. The van der Waals surface area contributed by atoms with Crippen LogP contribution in [0.4, 0.5) is 0 Å². The average Bonchev–Trinajstić information content (AvgIpc) is 2.93. The van der Waals surface area contributed by atoms with E-state index in [-0.39, 0.29) is 5.69 Å². The fourth-order valence-electron chi connectivity index (χ4n) is 2.96. The zero-order valence-electron chi connectivity index (χ0n) is 14.0. The van der Waals surface area contributed by atoms with Crippen molar-refractivity contribution in [3.63, 3.8) is 0 Å². The first kappa shape index (κ1) is 16.3. The van der Waals surface area contributed by atoms with Crippen molar-refractivity contribution in [2.45, 2.75) is 33.4 Å². The molecule has 0 unspecified atom stereocenters. The highest BCUT2D eigenvalue weighted by molar-refractivity contribution is 5.97. The van der Waals surface area contributed by atoms with Crippen LogP contribution in [0.2, 0.25) is 0 Å². The number of hydrogen-bond donors (Lipinski definition) is 3. The average molecular weight is 322 g/mol. The van der Waals surface area contributed by atoms with Crippen molar-refractivity contribution in [2.75, 3.05) is 0 Å². The maximum Gasteiger partial charge on any atom is 0.352 e. The van der Waals surface area contributed by atoms with E-state index in [1.807, 2.05) is 25.1 Å². The molecule has 4 heteroatoms. The number of nitrogens with one attached hydrogen (secondary N) is 2. The van der Waals surface area contributed by atoms with Crippen molar-refractivity contribution in [3.8, 4) is 0 Å². The highest BCUT2D eigenvalue weighted by Gasteiger charge is 2.16. The fraction of sp³-hybridized carbons (Fsp3) is 0.250. The predicted molar refractivity (Wildman–Crippen MR) is 96.4 cm³/mol. The number of aryl methyl sites for hydroxylation is 2. The highest BCUT2D eigenvalue weighted by atomic mass is 16.4. The number of hydrogen-bond acceptors (Lipinski definition) is 2. The van der Waals surface area contributed by atoms with Crippen molar-refractivity contribution in [1.29, 1.82) is 0 Å². The SMILES string of the molecule is CCc1ccc(CNCc2c(C(=O)O)[nH]c3cc(C)ccc23)cc1. The molecule has 0 fully saturated rings. The fourth-order valence-corrected chi connectivity index (χ4v) is 2.96. The Labute approximate surface area is 141 Å². The third-order valence-electron chi connectivity index (χ3n) is 4.34. The molecule has 0 saturated carbocycles. The van der Waals surface area contributed by atoms with Crippen LogP contribution >= 0.6 is 0 Å². The molecule has 0 amide bonds. The Kier molecular flexibility index (Phi) is 4.67. The summed E-state index contributed by atoms with van der Waals surface area (Å²) in [5, 5.41) is 13.8. The minimum absolute atomic E-state index is 0.268. The molecule has 4 nitrogen and oxygen atoms in total. The molecule has 0 aliphatic heterocycles. The summed E-state index contributed by atoms with van der Waals surface area (Å²) >= 11 is 0. The van der Waals surface area contributed by atoms with E-state index < -0.39 is 5.97 Å². The van der Waals surface area contributed by atoms with E-state index in [4.69, 9.17) is 0 Å². The first-order valence-corrected chi connectivity index (χ1v) is 8.21. The van der Waals surface area contributed by atoms with Gasteiger partial charge in [0.25, 0.3) is 0 Å². The Morgan fingerprint density at radius 1 is 1.08 bits per heavy atom. The van der Waals surface area contributed by atoms with Crippen LogP contribution in [0.5, 0.6) is 0 Å². The van der Waals surface area contributed by atoms with Crippen molar-refractivity contribution >= 4 is 16.9 Å². The number of fused-ring (bicyclic) bond motifs is 1. The number of aromatic nitrogens is 1. The summed E-state index contributed by atoms with van der Waals surface area (Å²) in [7, 11) is 0. The number of carbonyl (C=O) groups is 1. The molecule has 3 N–H and O–H groups in total. The van der Waals surface area contributed by atoms with Gasteiger partial charge in [0.1, 0.15) is 5.69 Å². The standard InChI is InChI=1S/C20H22N2O2/c1-3-14-5-7-15(8-6-14)11-21-12-17-16-9-4-13(2)10-18(16)22-19(17)20(23)24/h4-10,21-22H,3,11-12H2,1-2H3,(H,23,24). The first-order chi connectivity index (χ1) is 11.6. The second-order valence-electron chi connectivity index (χ2n) is 6.11. The minimum atomic E-state index is -0.923. The molecular weight excluding hydrogens is 300 g/mol. The molecular formula is C20H22N2O2. The van der Waals surface area contributed by atoms with Gasteiger partial charge in [0.15, 0.2) is 0 Å². The smallest absolute Gasteiger partial charge is 0.352 e. The van der Waals surface area contributed by atoms with Gasteiger partial charge in [0, 0.05) is 29.6 Å². The molecule has 2 aromatic carbocycles. The molecule has 0 aliphatic carbocycles. The Morgan fingerprint density at radius 3 is 2.46 bits per heavy atom. The summed E-state index contributed by atoms with van der Waals surface area (Å²) in [5.41, 5.74) is 5.57. The van der Waals surface area contributed by atoms with Crippen LogP contribution in [0.15, 0.2) is 42.5 Å². The third kappa shape index (κ3) is 3.34. The van der Waals surface area contributed by atoms with E-state index >= 15 is 0 Å². The van der Waals surface area contributed by atoms with Crippen LogP contribution in [0, 0.1) is 6.92 Å². The summed E-state index contributed by atoms with van der Waals surface area (Å²) in [5.74, 6) is -0.923. The zero-order valence-corrected chi connectivity index (χ0v) is 14.0. The van der Waals surface area contributed by atoms with Crippen molar-refractivity contribution in [1.82, 2.24) is 10.3 Å². The van der Waals surface area contributed by atoms with E-state index in [2.05, 4.69) is 41.5 Å². The molecule has 3 aromatic rings. The highest BCUT2D eigenvalue weighted by Crippen LogP contribution is 2.23. The van der Waals surface area contributed by atoms with Gasteiger partial charge in [-0.05, 0) is 36.1 Å². The Hall–Kier alpha value is -2.59. The third-order valence-corrected chi connectivity index (χ3v) is 4.34. The molecule has 0 bridgehead atoms. The predicted octanol–water partition coefficient (Wildman–Crippen LogP) is 4.03. The van der Waals surface area contributed by atoms with E-state index in [1.54, 1.807) is 0 Å². The maximum atomic E-state index is 11.5. The molecule has 1 heterocycles. The van der Waals surface area contributed by atoms with Gasteiger partial charge >= 0.3 is 5.97 Å². The maximum absolute atomic E-state index is 11.5. The Balaban J connectivity index is 1.78. The number of rotatable bonds is 6. The summed E-state index contributed by atoms with van der Waals surface area (Å²) < 4.78 is 0. The van der Waals surface area contributed by atoms with E-state index in [1.165, 1.54) is 11.1 Å². The Morgan fingerprint density at radius 2 is 1.79 bits per heavy atom. The van der Waals surface area contributed by atoms with Crippen LogP contribution < -0.4 is 5.32 Å². The topological polar surface area (TPSA) is 65.1 Å². The molecule has 0 aliphatic rings. The van der Waals surface area contributed by atoms with Crippen LogP contribution in [-0.2, 0) is 19.5 Å². The number of aromatic carboxylic acids is 1. The van der Waals surface area contributed by atoms with Gasteiger partial charge in [-0.2, -0.15) is 0 Å². The second-order valence-corrected chi connectivity index (χ2v) is 6.11. The molecule has 24 heavy (non-hydrogen) atoms. The molecule has 0 radical (unpaired) electrons. The van der Waals surface area contributed by atoms with Crippen LogP contribution in [-0.4, -0.2) is 16.1 Å². The largest absolute Gasteiger partial charge is 0.477 e. The molecule has 0 spiro atoms. The summed E-state index contributed by atoms with van der Waals surface area (Å²) in [4.78, 5) is 14.5. The molecule has 0 saturated heterocycles. The zero-order chi connectivity index (χ0) is 17.1. The number of benzene rings is 2. The molecule has 3 rings (SSSR count). The first-order valence-electron chi connectivity index (χ1n) is 8.21. The van der Waals surface area contributed by atoms with Gasteiger partial charge in [-0.3, -0.25) is 0 Å². The lowest BCUT2D eigenvalue weighted by Crippen LogP contribution is -2.15. The van der Waals surface area contributed by atoms with Crippen LogP contribution in [0.25, 0.3) is 10.9 Å². The van der Waals surface area contributed by atoms with E-state index in [9.17, 15) is 9.90 Å².